The summed E-state index contributed by atoms with van der Waals surface area (Å²) in [6.07, 6.45) is 2.40. The number of hydrogen-bond acceptors (Lipinski definition) is 3. The minimum atomic E-state index is -0.0872. The second-order valence-corrected chi connectivity index (χ2v) is 8.79. The molecule has 1 N–H and O–H groups in total. The molecule has 2 amide bonds. The van der Waals surface area contributed by atoms with Gasteiger partial charge in [-0.05, 0) is 59.4 Å². The van der Waals surface area contributed by atoms with E-state index in [0.717, 1.165) is 42.7 Å². The summed E-state index contributed by atoms with van der Waals surface area (Å²) in [5.41, 5.74) is 7.76. The van der Waals surface area contributed by atoms with Crippen LogP contribution in [0.3, 0.4) is 0 Å². The van der Waals surface area contributed by atoms with E-state index in [0.29, 0.717) is 25.1 Å². The maximum absolute atomic E-state index is 12.7. The number of fused-ring (bicyclic) bond motifs is 2. The fourth-order valence-electron chi connectivity index (χ4n) is 4.83. The molecule has 168 valence electrons. The minimum absolute atomic E-state index is 0.0872. The molecule has 33 heavy (non-hydrogen) atoms. The Labute approximate surface area is 195 Å². The highest BCUT2D eigenvalue weighted by Gasteiger charge is 2.24. The molecular weight excluding hydrogens is 410 g/mol. The van der Waals surface area contributed by atoms with E-state index < -0.39 is 0 Å². The quantitative estimate of drug-likeness (QED) is 0.616. The largest absolute Gasteiger partial charge is 0.367 e. The summed E-state index contributed by atoms with van der Waals surface area (Å²) >= 11 is 0. The van der Waals surface area contributed by atoms with Gasteiger partial charge in [0.05, 0.1) is 0 Å². The van der Waals surface area contributed by atoms with Crippen molar-refractivity contribution in [2.75, 3.05) is 22.9 Å². The van der Waals surface area contributed by atoms with Gasteiger partial charge in [0.25, 0.3) is 5.91 Å². The Morgan fingerprint density at radius 3 is 2.42 bits per heavy atom. The van der Waals surface area contributed by atoms with Crippen LogP contribution in [0.15, 0.2) is 66.7 Å². The molecule has 2 aliphatic heterocycles. The van der Waals surface area contributed by atoms with Gasteiger partial charge in [-0.3, -0.25) is 9.59 Å². The Morgan fingerprint density at radius 2 is 1.61 bits per heavy atom. The molecule has 0 saturated heterocycles. The molecule has 0 unspecified atom stereocenters. The highest BCUT2D eigenvalue weighted by Crippen LogP contribution is 2.30. The van der Waals surface area contributed by atoms with E-state index in [4.69, 9.17) is 0 Å². The number of rotatable bonds is 6. The van der Waals surface area contributed by atoms with E-state index in [9.17, 15) is 9.59 Å². The van der Waals surface area contributed by atoms with Crippen molar-refractivity contribution in [2.45, 2.75) is 39.3 Å². The average molecular weight is 440 g/mol. The zero-order valence-corrected chi connectivity index (χ0v) is 19.0. The van der Waals surface area contributed by atoms with Crippen LogP contribution in [-0.4, -0.2) is 24.9 Å². The van der Waals surface area contributed by atoms with Gasteiger partial charge in [-0.25, -0.2) is 0 Å². The van der Waals surface area contributed by atoms with Gasteiger partial charge in [-0.15, -0.1) is 0 Å². The Bertz CT molecular complexity index is 1190. The maximum atomic E-state index is 12.7. The molecule has 2 aliphatic rings. The molecule has 3 aromatic carbocycles. The summed E-state index contributed by atoms with van der Waals surface area (Å²) in [5, 5.41) is 3.03. The number of carbonyl (C=O) groups excluding carboxylic acids is 2. The molecule has 5 nitrogen and oxygen atoms in total. The molecule has 0 aliphatic carbocycles. The summed E-state index contributed by atoms with van der Waals surface area (Å²) in [4.78, 5) is 29.0. The predicted molar refractivity (Wildman–Crippen MR) is 132 cm³/mol. The molecule has 0 spiro atoms. The molecule has 5 heteroatoms. The van der Waals surface area contributed by atoms with Gasteiger partial charge in [-0.1, -0.05) is 49.4 Å². The van der Waals surface area contributed by atoms with Crippen LogP contribution in [0.25, 0.3) is 0 Å². The lowest BCUT2D eigenvalue weighted by molar-refractivity contribution is -0.118. The number of amides is 2. The molecule has 0 fully saturated rings. The van der Waals surface area contributed by atoms with E-state index >= 15 is 0 Å². The Morgan fingerprint density at radius 1 is 0.848 bits per heavy atom. The van der Waals surface area contributed by atoms with E-state index in [1.165, 1.54) is 16.8 Å². The van der Waals surface area contributed by atoms with Gasteiger partial charge in [0.1, 0.15) is 0 Å². The fraction of sp³-hybridized carbons (Fsp3) is 0.286. The average Bonchev–Trinajstić information content (AvgIpc) is 3.47. The van der Waals surface area contributed by atoms with Crippen molar-refractivity contribution < 1.29 is 9.59 Å². The van der Waals surface area contributed by atoms with Gasteiger partial charge in [-0.2, -0.15) is 0 Å². The van der Waals surface area contributed by atoms with Crippen LogP contribution >= 0.6 is 0 Å². The molecule has 0 radical (unpaired) electrons. The number of hydrogen-bond donors (Lipinski definition) is 1. The van der Waals surface area contributed by atoms with E-state index in [1.54, 1.807) is 0 Å². The summed E-state index contributed by atoms with van der Waals surface area (Å²) < 4.78 is 0. The number of nitrogens with zero attached hydrogens (tertiary/aromatic N) is 2. The molecule has 0 atom stereocenters. The molecule has 0 aromatic heterocycles. The highest BCUT2D eigenvalue weighted by molar-refractivity contribution is 5.98. The summed E-state index contributed by atoms with van der Waals surface area (Å²) in [7, 11) is 0. The summed E-state index contributed by atoms with van der Waals surface area (Å²) in [6.45, 7) is 5.02. The second kappa shape index (κ2) is 9.10. The lowest BCUT2D eigenvalue weighted by Crippen LogP contribution is -2.27. The number of nitrogens with one attached hydrogen (secondary N) is 1. The molecule has 0 saturated carbocycles. The highest BCUT2D eigenvalue weighted by atomic mass is 16.2. The fourth-order valence-corrected chi connectivity index (χ4v) is 4.83. The van der Waals surface area contributed by atoms with Gasteiger partial charge in [0, 0.05) is 49.5 Å². The zero-order chi connectivity index (χ0) is 22.8. The second-order valence-electron chi connectivity index (χ2n) is 8.79. The van der Waals surface area contributed by atoms with Crippen molar-refractivity contribution in [1.82, 2.24) is 5.32 Å². The smallest absolute Gasteiger partial charge is 0.251 e. The summed E-state index contributed by atoms with van der Waals surface area (Å²) in [5.74, 6) is 0.0409. The van der Waals surface area contributed by atoms with Gasteiger partial charge >= 0.3 is 0 Å². The van der Waals surface area contributed by atoms with Crippen LogP contribution < -0.4 is 15.1 Å². The molecular formula is C28H29N3O2. The Balaban J connectivity index is 1.18. The third-order valence-electron chi connectivity index (χ3n) is 6.67. The Kier molecular flexibility index (Phi) is 5.86. The third kappa shape index (κ3) is 4.36. The first-order valence-electron chi connectivity index (χ1n) is 11.7. The van der Waals surface area contributed by atoms with Crippen molar-refractivity contribution in [3.05, 3.63) is 94.5 Å². The van der Waals surface area contributed by atoms with Crippen molar-refractivity contribution in [2.24, 2.45) is 0 Å². The van der Waals surface area contributed by atoms with Crippen molar-refractivity contribution >= 4 is 23.2 Å². The van der Waals surface area contributed by atoms with Crippen LogP contribution in [0.5, 0.6) is 0 Å². The maximum Gasteiger partial charge on any atom is 0.251 e. The minimum Gasteiger partial charge on any atom is -0.367 e. The van der Waals surface area contributed by atoms with E-state index in [-0.39, 0.29) is 11.8 Å². The van der Waals surface area contributed by atoms with Crippen molar-refractivity contribution in [3.63, 3.8) is 0 Å². The predicted octanol–water partition coefficient (Wildman–Crippen LogP) is 4.48. The SMILES string of the molecule is CCC(=O)N1CCc2cc(C(=O)NCc3ccc(CN4CCc5ccccc54)cc3)ccc21. The van der Waals surface area contributed by atoms with Crippen LogP contribution in [0.2, 0.25) is 0 Å². The molecule has 2 heterocycles. The molecule has 3 aromatic rings. The first kappa shape index (κ1) is 21.3. The van der Waals surface area contributed by atoms with Gasteiger partial charge in [0.2, 0.25) is 5.91 Å². The van der Waals surface area contributed by atoms with Crippen LogP contribution in [0.1, 0.15) is 46.0 Å². The molecule has 0 bridgehead atoms. The van der Waals surface area contributed by atoms with Crippen molar-refractivity contribution in [1.29, 1.82) is 0 Å². The van der Waals surface area contributed by atoms with Crippen LogP contribution in [0, 0.1) is 0 Å². The first-order valence-corrected chi connectivity index (χ1v) is 11.7. The van der Waals surface area contributed by atoms with Crippen LogP contribution in [-0.2, 0) is 30.7 Å². The third-order valence-corrected chi connectivity index (χ3v) is 6.67. The zero-order valence-electron chi connectivity index (χ0n) is 19.0. The van der Waals surface area contributed by atoms with Gasteiger partial charge in [0.15, 0.2) is 0 Å². The number of para-hydroxylation sites is 1. The first-order chi connectivity index (χ1) is 16.1. The normalized spacial score (nSPS) is 14.2. The topological polar surface area (TPSA) is 52.7 Å². The van der Waals surface area contributed by atoms with E-state index in [2.05, 4.69) is 58.7 Å². The molecule has 5 rings (SSSR count). The van der Waals surface area contributed by atoms with Crippen molar-refractivity contribution in [3.8, 4) is 0 Å². The Hall–Kier alpha value is -3.60. The lowest BCUT2D eigenvalue weighted by Gasteiger charge is -2.19. The number of benzene rings is 3. The standard InChI is InChI=1S/C28H29N3O2/c1-2-27(32)31-16-14-23-17-24(11-12-26(23)31)28(33)29-18-20-7-9-21(10-8-20)19-30-15-13-22-5-3-4-6-25(22)30/h3-12,17H,2,13-16,18-19H2,1H3,(H,29,33). The summed E-state index contributed by atoms with van der Waals surface area (Å²) in [6, 6.07) is 22.7. The van der Waals surface area contributed by atoms with Crippen LogP contribution in [0.4, 0.5) is 11.4 Å². The number of carbonyl (C=O) groups is 2. The lowest BCUT2D eigenvalue weighted by atomic mass is 10.1. The van der Waals surface area contributed by atoms with Gasteiger partial charge < -0.3 is 15.1 Å². The van der Waals surface area contributed by atoms with E-state index in [1.807, 2.05) is 30.0 Å². The number of anilines is 2. The monoisotopic (exact) mass is 439 g/mol.